The molecular formula is C24H35NO4. The summed E-state index contributed by atoms with van der Waals surface area (Å²) in [4.78, 5) is 17.4. The maximum atomic E-state index is 12.7. The zero-order valence-electron chi connectivity index (χ0n) is 18.5. The van der Waals surface area contributed by atoms with Crippen LogP contribution < -0.4 is 9.47 Å². The summed E-state index contributed by atoms with van der Waals surface area (Å²) in [7, 11) is 0. The highest BCUT2D eigenvalue weighted by Gasteiger charge is 2.34. The van der Waals surface area contributed by atoms with Crippen LogP contribution in [0.2, 0.25) is 0 Å². The van der Waals surface area contributed by atoms with E-state index >= 15 is 0 Å². The summed E-state index contributed by atoms with van der Waals surface area (Å²) in [6.45, 7) is 11.7. The minimum Gasteiger partial charge on any atom is -0.511 e. The van der Waals surface area contributed by atoms with Crippen molar-refractivity contribution in [1.82, 2.24) is 0 Å². The minimum atomic E-state index is -0.194. The van der Waals surface area contributed by atoms with Gasteiger partial charge in [0.1, 0.15) is 5.76 Å². The maximum Gasteiger partial charge on any atom is 0.168 e. The molecule has 5 nitrogen and oxygen atoms in total. The summed E-state index contributed by atoms with van der Waals surface area (Å²) < 4.78 is 11.3. The lowest BCUT2D eigenvalue weighted by Crippen LogP contribution is -2.29. The van der Waals surface area contributed by atoms with Gasteiger partial charge in [-0.2, -0.15) is 0 Å². The second-order valence-corrected chi connectivity index (χ2v) is 8.24. The number of carbonyl (C=O) groups is 1. The van der Waals surface area contributed by atoms with Crippen molar-refractivity contribution in [3.8, 4) is 11.5 Å². The Kier molecular flexibility index (Phi) is 8.30. The Hall–Kier alpha value is -2.30. The van der Waals surface area contributed by atoms with Gasteiger partial charge in [0.25, 0.3) is 0 Å². The minimum absolute atomic E-state index is 0.00523. The van der Waals surface area contributed by atoms with Gasteiger partial charge < -0.3 is 14.6 Å². The first-order chi connectivity index (χ1) is 13.8. The van der Waals surface area contributed by atoms with E-state index in [2.05, 4.69) is 6.92 Å². The fourth-order valence-electron chi connectivity index (χ4n) is 3.71. The van der Waals surface area contributed by atoms with Gasteiger partial charge in [0.15, 0.2) is 17.3 Å². The Morgan fingerprint density at radius 1 is 1.10 bits per heavy atom. The molecule has 0 radical (unpaired) electrons. The average Bonchev–Trinajstić information content (AvgIpc) is 2.62. The Morgan fingerprint density at radius 3 is 2.41 bits per heavy atom. The summed E-state index contributed by atoms with van der Waals surface area (Å²) in [6, 6.07) is 5.95. The molecule has 0 saturated carbocycles. The maximum absolute atomic E-state index is 12.7. The Balaban J connectivity index is 2.17. The standard InChI is InChI=1S/C24H35NO4/c1-6-9-18(23-19(26)15-24(4,5)16-20(23)27)25-13-12-17-10-11-21(28-7-2)22(14-17)29-8-3/h10-11,14,26H,6-9,12-13,15-16H2,1-5H3. The Bertz CT molecular complexity index is 777. The molecule has 0 unspecified atom stereocenters. The summed E-state index contributed by atoms with van der Waals surface area (Å²) in [5.41, 5.74) is 2.10. The van der Waals surface area contributed by atoms with Crippen molar-refractivity contribution in [2.75, 3.05) is 19.8 Å². The predicted octanol–water partition coefficient (Wildman–Crippen LogP) is 5.47. The third-order valence-corrected chi connectivity index (χ3v) is 4.94. The van der Waals surface area contributed by atoms with Gasteiger partial charge in [0, 0.05) is 25.1 Å². The van der Waals surface area contributed by atoms with E-state index in [-0.39, 0.29) is 17.0 Å². The number of nitrogens with zero attached hydrogens (tertiary/aromatic N) is 1. The van der Waals surface area contributed by atoms with Gasteiger partial charge in [-0.05, 0) is 49.8 Å². The number of aliphatic hydroxyl groups is 1. The second-order valence-electron chi connectivity index (χ2n) is 8.24. The van der Waals surface area contributed by atoms with Gasteiger partial charge in [-0.1, -0.05) is 33.3 Å². The third-order valence-electron chi connectivity index (χ3n) is 4.94. The zero-order chi connectivity index (χ0) is 21.4. The molecule has 0 fully saturated rings. The molecule has 0 spiro atoms. The number of carbonyl (C=O) groups excluding carboxylic acids is 1. The van der Waals surface area contributed by atoms with Crippen molar-refractivity contribution in [3.63, 3.8) is 0 Å². The predicted molar refractivity (Wildman–Crippen MR) is 117 cm³/mol. The van der Waals surface area contributed by atoms with E-state index in [1.165, 1.54) is 0 Å². The van der Waals surface area contributed by atoms with Crippen molar-refractivity contribution in [2.24, 2.45) is 10.4 Å². The fraction of sp³-hybridized carbons (Fsp3) is 0.583. The number of rotatable bonds is 10. The van der Waals surface area contributed by atoms with Gasteiger partial charge >= 0.3 is 0 Å². The Morgan fingerprint density at radius 2 is 1.79 bits per heavy atom. The van der Waals surface area contributed by atoms with E-state index in [0.29, 0.717) is 44.6 Å². The highest BCUT2D eigenvalue weighted by atomic mass is 16.5. The number of hydrogen-bond acceptors (Lipinski definition) is 5. The SMILES string of the molecule is CCCC(=NCCc1ccc(OCC)c(OCC)c1)C1=C(O)CC(C)(C)CC1=O. The van der Waals surface area contributed by atoms with E-state index in [1.54, 1.807) is 0 Å². The highest BCUT2D eigenvalue weighted by Crippen LogP contribution is 2.36. The second kappa shape index (κ2) is 10.5. The fourth-order valence-corrected chi connectivity index (χ4v) is 3.71. The van der Waals surface area contributed by atoms with Gasteiger partial charge in [0.05, 0.1) is 18.8 Å². The highest BCUT2D eigenvalue weighted by molar-refractivity contribution is 6.23. The molecule has 0 bridgehead atoms. The molecule has 0 amide bonds. The molecule has 1 N–H and O–H groups in total. The lowest BCUT2D eigenvalue weighted by molar-refractivity contribution is -0.117. The van der Waals surface area contributed by atoms with Crippen LogP contribution in [0.5, 0.6) is 11.5 Å². The van der Waals surface area contributed by atoms with Crippen LogP contribution in [-0.4, -0.2) is 36.4 Å². The van der Waals surface area contributed by atoms with Crippen LogP contribution in [0, 0.1) is 5.41 Å². The van der Waals surface area contributed by atoms with E-state index in [1.807, 2.05) is 45.9 Å². The number of benzene rings is 1. The molecule has 1 aromatic carbocycles. The number of aliphatic hydroxyl groups excluding tert-OH is 1. The van der Waals surface area contributed by atoms with Crippen molar-refractivity contribution in [2.45, 2.75) is 66.7 Å². The molecule has 2 rings (SSSR count). The summed E-state index contributed by atoms with van der Waals surface area (Å²) in [5.74, 6) is 1.69. The van der Waals surface area contributed by atoms with Crippen LogP contribution in [0.4, 0.5) is 0 Å². The van der Waals surface area contributed by atoms with Crippen LogP contribution in [0.15, 0.2) is 34.5 Å². The molecule has 0 heterocycles. The molecule has 1 aliphatic rings. The topological polar surface area (TPSA) is 68.1 Å². The van der Waals surface area contributed by atoms with Crippen molar-refractivity contribution < 1.29 is 19.4 Å². The number of Topliss-reactive ketones (excluding diaryl/α,β-unsaturated/α-hetero) is 1. The molecule has 0 aliphatic heterocycles. The van der Waals surface area contributed by atoms with Crippen molar-refractivity contribution in [1.29, 1.82) is 0 Å². The zero-order valence-corrected chi connectivity index (χ0v) is 18.5. The molecule has 1 aromatic rings. The van der Waals surface area contributed by atoms with E-state index in [4.69, 9.17) is 14.5 Å². The van der Waals surface area contributed by atoms with E-state index in [0.717, 1.165) is 35.6 Å². The summed E-state index contributed by atoms with van der Waals surface area (Å²) in [5, 5.41) is 10.5. The molecule has 29 heavy (non-hydrogen) atoms. The molecule has 1 aliphatic carbocycles. The lowest BCUT2D eigenvalue weighted by atomic mass is 9.75. The first kappa shape index (κ1) is 23.0. The van der Waals surface area contributed by atoms with Gasteiger partial charge in [-0.3, -0.25) is 9.79 Å². The largest absolute Gasteiger partial charge is 0.511 e. The van der Waals surface area contributed by atoms with Gasteiger partial charge in [-0.15, -0.1) is 0 Å². The number of ether oxygens (including phenoxy) is 2. The van der Waals surface area contributed by atoms with Crippen LogP contribution in [0.3, 0.4) is 0 Å². The monoisotopic (exact) mass is 401 g/mol. The molecule has 0 saturated heterocycles. The van der Waals surface area contributed by atoms with Crippen LogP contribution in [-0.2, 0) is 11.2 Å². The first-order valence-corrected chi connectivity index (χ1v) is 10.7. The first-order valence-electron chi connectivity index (χ1n) is 10.7. The van der Waals surface area contributed by atoms with Gasteiger partial charge in [-0.25, -0.2) is 0 Å². The number of allylic oxidation sites excluding steroid dienone is 2. The number of aliphatic imine (C=N–C) groups is 1. The quantitative estimate of drug-likeness (QED) is 0.528. The lowest BCUT2D eigenvalue weighted by Gasteiger charge is -2.30. The molecule has 5 heteroatoms. The van der Waals surface area contributed by atoms with E-state index < -0.39 is 0 Å². The number of ketones is 1. The Labute approximate surface area is 174 Å². The normalized spacial score (nSPS) is 16.9. The van der Waals surface area contributed by atoms with Crippen LogP contribution in [0.1, 0.15) is 65.9 Å². The third kappa shape index (κ3) is 6.34. The summed E-state index contributed by atoms with van der Waals surface area (Å²) in [6.07, 6.45) is 3.27. The summed E-state index contributed by atoms with van der Waals surface area (Å²) >= 11 is 0. The van der Waals surface area contributed by atoms with Crippen molar-refractivity contribution in [3.05, 3.63) is 35.1 Å². The molecule has 0 aromatic heterocycles. The number of hydrogen-bond donors (Lipinski definition) is 1. The van der Waals surface area contributed by atoms with Crippen molar-refractivity contribution >= 4 is 11.5 Å². The molecule has 0 atom stereocenters. The molecule has 160 valence electrons. The van der Waals surface area contributed by atoms with Crippen LogP contribution in [0.25, 0.3) is 0 Å². The average molecular weight is 402 g/mol. The van der Waals surface area contributed by atoms with E-state index in [9.17, 15) is 9.90 Å². The molecular weight excluding hydrogens is 366 g/mol. The van der Waals surface area contributed by atoms with Crippen LogP contribution >= 0.6 is 0 Å². The van der Waals surface area contributed by atoms with Gasteiger partial charge in [0.2, 0.25) is 0 Å². The smallest absolute Gasteiger partial charge is 0.168 e.